The van der Waals surface area contributed by atoms with E-state index in [9.17, 15) is 8.42 Å². The summed E-state index contributed by atoms with van der Waals surface area (Å²) < 4.78 is 41.6. The van der Waals surface area contributed by atoms with Crippen molar-refractivity contribution in [3.63, 3.8) is 0 Å². The maximum absolute atomic E-state index is 11.9. The number of benzene rings is 1. The van der Waals surface area contributed by atoms with E-state index in [1.807, 2.05) is 24.3 Å². The Bertz CT molecular complexity index is 802. The summed E-state index contributed by atoms with van der Waals surface area (Å²) in [6.45, 7) is 2.52. The van der Waals surface area contributed by atoms with Crippen molar-refractivity contribution < 1.29 is 22.6 Å². The first kappa shape index (κ1) is 16.9. The summed E-state index contributed by atoms with van der Waals surface area (Å²) >= 11 is 0. The maximum Gasteiger partial charge on any atom is 0.253 e. The lowest BCUT2D eigenvalue weighted by molar-refractivity contribution is 0.0328. The minimum Gasteiger partial charge on any atom is -0.484 e. The Hall–Kier alpha value is -1.90. The third-order valence-corrected chi connectivity index (χ3v) is 5.44. The average molecular weight is 352 g/mol. The molecule has 1 aromatic heterocycles. The number of nitrogens with zero attached hydrogens (tertiary/aromatic N) is 2. The van der Waals surface area contributed by atoms with Crippen molar-refractivity contribution in [3.05, 3.63) is 36.5 Å². The van der Waals surface area contributed by atoms with Crippen LogP contribution in [-0.2, 0) is 19.5 Å². The molecule has 1 aliphatic rings. The van der Waals surface area contributed by atoms with Crippen molar-refractivity contribution in [2.75, 3.05) is 26.1 Å². The summed E-state index contributed by atoms with van der Waals surface area (Å²) in [7, 11) is -1.78. The van der Waals surface area contributed by atoms with Crippen LogP contribution in [0.25, 0.3) is 11.3 Å². The number of para-hydroxylation sites is 1. The lowest BCUT2D eigenvalue weighted by Gasteiger charge is -2.19. The largest absolute Gasteiger partial charge is 0.484 e. The molecule has 0 spiro atoms. The van der Waals surface area contributed by atoms with E-state index in [4.69, 9.17) is 14.2 Å². The molecular formula is C16H20N2O5S. The Balaban J connectivity index is 1.90. The predicted molar refractivity (Wildman–Crippen MR) is 88.6 cm³/mol. The number of rotatable bonds is 6. The van der Waals surface area contributed by atoms with Crippen molar-refractivity contribution in [1.82, 2.24) is 9.19 Å². The standard InChI is InChI=1S/C16H20N2O5S/c1-3-24(19,20)18-9-8-13(17-18)12-6-4-5-7-14(12)23-16-11-22-10-15(16)21-2/h4-9,15-16H,3,10-11H2,1-2H3/t15?,16-/m1/s1. The second-order valence-electron chi connectivity index (χ2n) is 5.44. The third-order valence-electron chi connectivity index (χ3n) is 3.94. The van der Waals surface area contributed by atoms with Crippen LogP contribution in [0.15, 0.2) is 36.5 Å². The molecular weight excluding hydrogens is 332 g/mol. The number of ether oxygens (including phenoxy) is 3. The maximum atomic E-state index is 11.9. The molecule has 2 heterocycles. The van der Waals surface area contributed by atoms with Gasteiger partial charge in [-0.1, -0.05) is 12.1 Å². The molecule has 0 amide bonds. The van der Waals surface area contributed by atoms with Gasteiger partial charge in [0.1, 0.15) is 11.9 Å². The van der Waals surface area contributed by atoms with E-state index >= 15 is 0 Å². The van der Waals surface area contributed by atoms with Crippen molar-refractivity contribution in [3.8, 4) is 17.0 Å². The summed E-state index contributed by atoms with van der Waals surface area (Å²) in [5, 5.41) is 4.18. The molecule has 130 valence electrons. The Morgan fingerprint density at radius 1 is 1.25 bits per heavy atom. The van der Waals surface area contributed by atoms with E-state index < -0.39 is 10.0 Å². The van der Waals surface area contributed by atoms with Gasteiger partial charge in [0.2, 0.25) is 0 Å². The van der Waals surface area contributed by atoms with Crippen molar-refractivity contribution in [2.24, 2.45) is 0 Å². The Labute approximate surface area is 141 Å². The van der Waals surface area contributed by atoms with E-state index in [-0.39, 0.29) is 18.0 Å². The summed E-state index contributed by atoms with van der Waals surface area (Å²) in [6, 6.07) is 9.05. The normalized spacial score (nSPS) is 21.1. The van der Waals surface area contributed by atoms with Crippen LogP contribution in [0.3, 0.4) is 0 Å². The molecule has 1 saturated heterocycles. The first-order valence-electron chi connectivity index (χ1n) is 7.70. The predicted octanol–water partition coefficient (Wildman–Crippen LogP) is 1.54. The first-order chi connectivity index (χ1) is 11.5. The molecule has 1 aliphatic heterocycles. The minimum atomic E-state index is -3.41. The van der Waals surface area contributed by atoms with E-state index in [2.05, 4.69) is 5.10 Å². The molecule has 1 aromatic carbocycles. The van der Waals surface area contributed by atoms with Crippen molar-refractivity contribution >= 4 is 10.0 Å². The van der Waals surface area contributed by atoms with Gasteiger partial charge in [-0.05, 0) is 25.1 Å². The van der Waals surface area contributed by atoms with Gasteiger partial charge in [-0.25, -0.2) is 8.42 Å². The van der Waals surface area contributed by atoms with Crippen LogP contribution in [-0.4, -0.2) is 55.9 Å². The zero-order valence-corrected chi connectivity index (χ0v) is 14.4. The van der Waals surface area contributed by atoms with Gasteiger partial charge in [0.05, 0.1) is 24.7 Å². The molecule has 0 aliphatic carbocycles. The van der Waals surface area contributed by atoms with Gasteiger partial charge in [-0.3, -0.25) is 0 Å². The van der Waals surface area contributed by atoms with E-state index in [1.165, 1.54) is 6.20 Å². The molecule has 2 atom stereocenters. The lowest BCUT2D eigenvalue weighted by atomic mass is 10.1. The van der Waals surface area contributed by atoms with Crippen LogP contribution in [0.5, 0.6) is 5.75 Å². The van der Waals surface area contributed by atoms with Crippen LogP contribution >= 0.6 is 0 Å². The molecule has 2 aromatic rings. The zero-order chi connectivity index (χ0) is 17.2. The van der Waals surface area contributed by atoms with Crippen molar-refractivity contribution in [2.45, 2.75) is 19.1 Å². The molecule has 7 nitrogen and oxygen atoms in total. The van der Waals surface area contributed by atoms with Gasteiger partial charge in [0, 0.05) is 18.9 Å². The minimum absolute atomic E-state index is 0.0127. The highest BCUT2D eigenvalue weighted by Gasteiger charge is 2.30. The Kier molecular flexibility index (Phi) is 4.88. The van der Waals surface area contributed by atoms with Gasteiger partial charge in [-0.2, -0.15) is 9.19 Å². The molecule has 1 fully saturated rings. The van der Waals surface area contributed by atoms with Crippen LogP contribution in [0.4, 0.5) is 0 Å². The fraction of sp³-hybridized carbons (Fsp3) is 0.438. The summed E-state index contributed by atoms with van der Waals surface area (Å²) in [6.07, 6.45) is 1.11. The second kappa shape index (κ2) is 6.92. The van der Waals surface area contributed by atoms with E-state index in [1.54, 1.807) is 20.1 Å². The van der Waals surface area contributed by atoms with Gasteiger partial charge < -0.3 is 14.2 Å². The van der Waals surface area contributed by atoms with Gasteiger partial charge >= 0.3 is 0 Å². The number of methoxy groups -OCH3 is 1. The molecule has 0 saturated carbocycles. The molecule has 0 N–H and O–H groups in total. The van der Waals surface area contributed by atoms with E-state index in [0.29, 0.717) is 24.7 Å². The summed E-state index contributed by atoms with van der Waals surface area (Å²) in [4.78, 5) is 0. The summed E-state index contributed by atoms with van der Waals surface area (Å²) in [5.41, 5.74) is 1.26. The Morgan fingerprint density at radius 3 is 2.75 bits per heavy atom. The highest BCUT2D eigenvalue weighted by atomic mass is 32.2. The monoisotopic (exact) mass is 352 g/mol. The zero-order valence-electron chi connectivity index (χ0n) is 13.6. The second-order valence-corrected chi connectivity index (χ2v) is 7.55. The fourth-order valence-electron chi connectivity index (χ4n) is 2.53. The SMILES string of the molecule is CCS(=O)(=O)n1ccc(-c2ccccc2O[C@@H]2COCC2OC)n1. The smallest absolute Gasteiger partial charge is 0.253 e. The van der Waals surface area contributed by atoms with E-state index in [0.717, 1.165) is 9.65 Å². The number of hydrogen-bond acceptors (Lipinski definition) is 6. The highest BCUT2D eigenvalue weighted by molar-refractivity contribution is 7.89. The lowest BCUT2D eigenvalue weighted by Crippen LogP contribution is -2.31. The Morgan fingerprint density at radius 2 is 2.00 bits per heavy atom. The van der Waals surface area contributed by atoms with Crippen LogP contribution in [0, 0.1) is 0 Å². The highest BCUT2D eigenvalue weighted by Crippen LogP contribution is 2.30. The van der Waals surface area contributed by atoms with Crippen LogP contribution in [0.2, 0.25) is 0 Å². The molecule has 1 unspecified atom stereocenters. The van der Waals surface area contributed by atoms with Gasteiger partial charge in [0.25, 0.3) is 10.0 Å². The van der Waals surface area contributed by atoms with Gasteiger partial charge in [0.15, 0.2) is 6.10 Å². The fourth-order valence-corrected chi connectivity index (χ4v) is 3.25. The van der Waals surface area contributed by atoms with Crippen LogP contribution < -0.4 is 4.74 Å². The molecule has 24 heavy (non-hydrogen) atoms. The third kappa shape index (κ3) is 3.31. The first-order valence-corrected chi connectivity index (χ1v) is 9.31. The van der Waals surface area contributed by atoms with Gasteiger partial charge in [-0.15, -0.1) is 0 Å². The number of aromatic nitrogens is 2. The van der Waals surface area contributed by atoms with Crippen molar-refractivity contribution in [1.29, 1.82) is 0 Å². The number of hydrogen-bond donors (Lipinski definition) is 0. The average Bonchev–Trinajstić information content (AvgIpc) is 3.25. The molecule has 3 rings (SSSR count). The molecule has 8 heteroatoms. The van der Waals surface area contributed by atoms with Crippen LogP contribution in [0.1, 0.15) is 6.92 Å². The molecule has 0 radical (unpaired) electrons. The molecule has 0 bridgehead atoms. The topological polar surface area (TPSA) is 79.7 Å². The summed E-state index contributed by atoms with van der Waals surface area (Å²) in [5.74, 6) is 0.607. The quantitative estimate of drug-likeness (QED) is 0.785.